The van der Waals surface area contributed by atoms with Gasteiger partial charge in [0.05, 0.1) is 0 Å². The highest BCUT2D eigenvalue weighted by molar-refractivity contribution is 6.51. The monoisotopic (exact) mass is 332 g/mol. The molecule has 124 valence electrons. The van der Waals surface area contributed by atoms with Crippen molar-refractivity contribution in [1.29, 1.82) is 0 Å². The fraction of sp³-hybridized carbons (Fsp3) is 0.125. The molecule has 0 saturated carbocycles. The highest BCUT2D eigenvalue weighted by atomic mass is 16.3. The number of aromatic hydroxyl groups is 3. The molecular weight excluding hydrogens is 320 g/mol. The third-order valence-corrected chi connectivity index (χ3v) is 3.48. The Balaban J connectivity index is 2.97. The molecule has 2 rings (SSSR count). The third-order valence-electron chi connectivity index (χ3n) is 3.48. The minimum absolute atomic E-state index is 0.362. The van der Waals surface area contributed by atoms with E-state index < -0.39 is 62.9 Å². The molecule has 0 bridgehead atoms. The van der Waals surface area contributed by atoms with Crippen LogP contribution in [0.3, 0.4) is 0 Å². The van der Waals surface area contributed by atoms with Gasteiger partial charge in [-0.15, -0.1) is 0 Å². The Hall–Kier alpha value is -3.42. The summed E-state index contributed by atoms with van der Waals surface area (Å²) in [5.74, 6) is -7.88. The number of ketones is 4. The summed E-state index contributed by atoms with van der Waals surface area (Å²) in [6, 6.07) is 0.811. The topological polar surface area (TPSA) is 149 Å². The number of hydrogen-bond acceptors (Lipinski definition) is 8. The van der Waals surface area contributed by atoms with Crippen molar-refractivity contribution in [1.82, 2.24) is 0 Å². The van der Waals surface area contributed by atoms with Gasteiger partial charge in [0.2, 0.25) is 11.5 Å². The Morgan fingerprint density at radius 3 is 2.00 bits per heavy atom. The number of carbonyl (C=O) groups excluding carboxylic acids is 4. The molecule has 1 aliphatic carbocycles. The van der Waals surface area contributed by atoms with E-state index in [4.69, 9.17) is 0 Å². The van der Waals surface area contributed by atoms with Crippen LogP contribution in [0.1, 0.15) is 29.8 Å². The summed E-state index contributed by atoms with van der Waals surface area (Å²) in [4.78, 5) is 46.8. The first-order valence-corrected chi connectivity index (χ1v) is 6.62. The Kier molecular flexibility index (Phi) is 3.99. The lowest BCUT2D eigenvalue weighted by Crippen LogP contribution is -2.23. The van der Waals surface area contributed by atoms with Crippen molar-refractivity contribution in [3.05, 3.63) is 34.6 Å². The molecule has 1 aliphatic rings. The molecule has 0 radical (unpaired) electrons. The molecule has 0 saturated heterocycles. The number of hydrogen-bond donors (Lipinski definition) is 4. The van der Waals surface area contributed by atoms with Crippen molar-refractivity contribution < 1.29 is 39.6 Å². The molecule has 0 unspecified atom stereocenters. The van der Waals surface area contributed by atoms with Crippen LogP contribution in [0.4, 0.5) is 0 Å². The Labute approximate surface area is 135 Å². The number of aliphatic hydroxyl groups excluding tert-OH is 1. The summed E-state index contributed by atoms with van der Waals surface area (Å²) < 4.78 is 0. The van der Waals surface area contributed by atoms with E-state index in [1.807, 2.05) is 0 Å². The van der Waals surface area contributed by atoms with Gasteiger partial charge in [0.15, 0.2) is 28.8 Å². The molecule has 0 spiro atoms. The van der Waals surface area contributed by atoms with Crippen LogP contribution >= 0.6 is 0 Å². The lowest BCUT2D eigenvalue weighted by atomic mass is 9.84. The largest absolute Gasteiger partial charge is 0.504 e. The van der Waals surface area contributed by atoms with E-state index in [1.54, 1.807) is 0 Å². The van der Waals surface area contributed by atoms with Crippen molar-refractivity contribution in [3.8, 4) is 17.2 Å². The van der Waals surface area contributed by atoms with Crippen LogP contribution in [0.2, 0.25) is 0 Å². The molecule has 0 aliphatic heterocycles. The molecular formula is C16H12O8. The first kappa shape index (κ1) is 16.9. The minimum Gasteiger partial charge on any atom is -0.504 e. The van der Waals surface area contributed by atoms with Crippen LogP contribution in [0.5, 0.6) is 17.2 Å². The zero-order chi connectivity index (χ0) is 18.3. The van der Waals surface area contributed by atoms with Gasteiger partial charge in [0.1, 0.15) is 0 Å². The SMILES string of the molecule is CC(=O)C1=CC(=O)C(=O)C(O)=C1c1c(C(C)=O)cc(O)c(O)c1O. The Bertz CT molecular complexity index is 886. The van der Waals surface area contributed by atoms with Crippen LogP contribution in [0.25, 0.3) is 5.57 Å². The summed E-state index contributed by atoms with van der Waals surface area (Å²) in [6.45, 7) is 2.12. The normalized spacial score (nSPS) is 14.7. The van der Waals surface area contributed by atoms with Crippen molar-refractivity contribution in [3.63, 3.8) is 0 Å². The van der Waals surface area contributed by atoms with Crippen LogP contribution in [0, 0.1) is 0 Å². The third kappa shape index (κ3) is 2.43. The van der Waals surface area contributed by atoms with E-state index in [9.17, 15) is 39.6 Å². The van der Waals surface area contributed by atoms with Crippen molar-refractivity contribution in [2.24, 2.45) is 0 Å². The summed E-state index contributed by atoms with van der Waals surface area (Å²) in [7, 11) is 0. The van der Waals surface area contributed by atoms with Gasteiger partial charge in [-0.3, -0.25) is 19.2 Å². The molecule has 0 amide bonds. The summed E-state index contributed by atoms with van der Waals surface area (Å²) in [5, 5.41) is 39.3. The summed E-state index contributed by atoms with van der Waals surface area (Å²) in [6.07, 6.45) is 0.674. The van der Waals surface area contributed by atoms with Crippen molar-refractivity contribution in [2.75, 3.05) is 0 Å². The van der Waals surface area contributed by atoms with Crippen molar-refractivity contribution >= 4 is 28.7 Å². The van der Waals surface area contributed by atoms with Gasteiger partial charge in [0.25, 0.3) is 5.78 Å². The molecule has 1 aromatic rings. The molecule has 0 heterocycles. The average molecular weight is 332 g/mol. The van der Waals surface area contributed by atoms with Crippen LogP contribution < -0.4 is 0 Å². The second-order valence-electron chi connectivity index (χ2n) is 5.10. The molecule has 0 aromatic heterocycles. The van der Waals surface area contributed by atoms with Gasteiger partial charge in [-0.25, -0.2) is 0 Å². The molecule has 1 aromatic carbocycles. The molecule has 8 heteroatoms. The number of carbonyl (C=O) groups is 4. The van der Waals surface area contributed by atoms with Gasteiger partial charge in [-0.1, -0.05) is 0 Å². The van der Waals surface area contributed by atoms with Gasteiger partial charge in [-0.05, 0) is 19.9 Å². The number of benzene rings is 1. The summed E-state index contributed by atoms with van der Waals surface area (Å²) >= 11 is 0. The van der Waals surface area contributed by atoms with Gasteiger partial charge < -0.3 is 20.4 Å². The highest BCUT2D eigenvalue weighted by Crippen LogP contribution is 2.46. The molecule has 0 fully saturated rings. The average Bonchev–Trinajstić information content (AvgIpc) is 2.50. The Morgan fingerprint density at radius 2 is 1.50 bits per heavy atom. The summed E-state index contributed by atoms with van der Waals surface area (Å²) in [5.41, 5.74) is -1.87. The van der Waals surface area contributed by atoms with E-state index in [2.05, 4.69) is 0 Å². The fourth-order valence-corrected chi connectivity index (χ4v) is 2.33. The quantitative estimate of drug-likeness (QED) is 0.276. The Morgan fingerprint density at radius 1 is 0.917 bits per heavy atom. The van der Waals surface area contributed by atoms with Gasteiger partial charge >= 0.3 is 0 Å². The number of Topliss-reactive ketones (excluding diaryl/α,β-unsaturated/α-hetero) is 3. The van der Waals surface area contributed by atoms with Crippen LogP contribution in [0.15, 0.2) is 23.5 Å². The first-order valence-electron chi connectivity index (χ1n) is 6.62. The van der Waals surface area contributed by atoms with Crippen LogP contribution in [-0.4, -0.2) is 43.6 Å². The maximum Gasteiger partial charge on any atom is 0.267 e. The smallest absolute Gasteiger partial charge is 0.267 e. The molecule has 0 atom stereocenters. The van der Waals surface area contributed by atoms with E-state index in [0.717, 1.165) is 19.9 Å². The number of rotatable bonds is 3. The highest BCUT2D eigenvalue weighted by Gasteiger charge is 2.35. The maximum absolute atomic E-state index is 11.8. The molecule has 4 N–H and O–H groups in total. The van der Waals surface area contributed by atoms with E-state index in [-0.39, 0.29) is 5.56 Å². The minimum atomic E-state index is -1.34. The maximum atomic E-state index is 11.8. The predicted molar refractivity (Wildman–Crippen MR) is 79.8 cm³/mol. The second-order valence-corrected chi connectivity index (χ2v) is 5.10. The first-order chi connectivity index (χ1) is 11.1. The van der Waals surface area contributed by atoms with E-state index in [1.165, 1.54) is 0 Å². The predicted octanol–water partition coefficient (Wildman–Crippen LogP) is 0.942. The number of aliphatic hydroxyl groups is 1. The van der Waals surface area contributed by atoms with Gasteiger partial charge in [-0.2, -0.15) is 0 Å². The van der Waals surface area contributed by atoms with E-state index >= 15 is 0 Å². The standard InChI is InChI=1S/C16H12O8/c1-5(17)7-3-9(19)13(21)15(23)11(7)12-8(6(2)18)4-10(20)14(22)16(12)24/h3-4,19,21,23-24H,1-2H3. The second kappa shape index (κ2) is 5.65. The lowest BCUT2D eigenvalue weighted by molar-refractivity contribution is -0.133. The molecule has 24 heavy (non-hydrogen) atoms. The van der Waals surface area contributed by atoms with E-state index in [0.29, 0.717) is 6.08 Å². The number of allylic oxidation sites excluding steroid dienone is 4. The number of phenolic OH excluding ortho intramolecular Hbond substituents is 3. The molecule has 8 nitrogen and oxygen atoms in total. The van der Waals surface area contributed by atoms with Crippen LogP contribution in [-0.2, 0) is 14.4 Å². The van der Waals surface area contributed by atoms with Gasteiger partial charge in [0, 0.05) is 28.3 Å². The zero-order valence-electron chi connectivity index (χ0n) is 12.6. The number of phenols is 3. The lowest BCUT2D eigenvalue weighted by Gasteiger charge is -2.19. The fourth-order valence-electron chi connectivity index (χ4n) is 2.33. The zero-order valence-corrected chi connectivity index (χ0v) is 12.6. The van der Waals surface area contributed by atoms with Crippen molar-refractivity contribution in [2.45, 2.75) is 13.8 Å².